The number of benzene rings is 2. The molecule has 0 bridgehead atoms. The number of aromatic nitrogens is 2. The summed E-state index contributed by atoms with van der Waals surface area (Å²) >= 11 is 1.47. The van der Waals surface area contributed by atoms with Crippen molar-refractivity contribution in [3.63, 3.8) is 0 Å². The number of carbonyl (C=O) groups excluding carboxylic acids is 1. The lowest BCUT2D eigenvalue weighted by molar-refractivity contribution is -0.118. The number of amides is 1. The monoisotopic (exact) mass is 353 g/mol. The summed E-state index contributed by atoms with van der Waals surface area (Å²) in [5.41, 5.74) is 8.92. The van der Waals surface area contributed by atoms with E-state index in [1.165, 1.54) is 17.3 Å². The highest BCUT2D eigenvalue weighted by Gasteiger charge is 2.24. The van der Waals surface area contributed by atoms with E-state index in [4.69, 9.17) is 10.7 Å². The number of imidazole rings is 1. The Morgan fingerprint density at radius 1 is 1.12 bits per heavy atom. The molecular weight excluding hydrogens is 330 g/mol. The highest BCUT2D eigenvalue weighted by atomic mass is 32.2. The quantitative estimate of drug-likeness (QED) is 0.656. The van der Waals surface area contributed by atoms with Crippen molar-refractivity contribution in [2.45, 2.75) is 37.2 Å². The van der Waals surface area contributed by atoms with Crippen LogP contribution in [-0.2, 0) is 17.8 Å². The van der Waals surface area contributed by atoms with E-state index in [-0.39, 0.29) is 17.1 Å². The SMILES string of the molecule is CC(C)C(Sc1nc2ccccc2n1CCc1ccccc1)C(N)=O. The fourth-order valence-electron chi connectivity index (χ4n) is 2.88. The molecule has 2 aromatic carbocycles. The Morgan fingerprint density at radius 2 is 1.80 bits per heavy atom. The zero-order valence-electron chi connectivity index (χ0n) is 14.6. The molecular formula is C20H23N3OS. The zero-order chi connectivity index (χ0) is 17.8. The first-order chi connectivity index (χ1) is 12.1. The zero-order valence-corrected chi connectivity index (χ0v) is 15.4. The summed E-state index contributed by atoms with van der Waals surface area (Å²) in [6.45, 7) is 4.84. The summed E-state index contributed by atoms with van der Waals surface area (Å²) in [5.74, 6) is -0.133. The maximum atomic E-state index is 11.8. The van der Waals surface area contributed by atoms with Crippen LogP contribution in [0.2, 0.25) is 0 Å². The summed E-state index contributed by atoms with van der Waals surface area (Å²) in [6.07, 6.45) is 0.914. The first-order valence-electron chi connectivity index (χ1n) is 8.51. The minimum absolute atomic E-state index is 0.157. The molecule has 2 N–H and O–H groups in total. The maximum Gasteiger partial charge on any atom is 0.231 e. The van der Waals surface area contributed by atoms with Gasteiger partial charge in [-0.25, -0.2) is 4.98 Å². The van der Waals surface area contributed by atoms with Gasteiger partial charge in [-0.15, -0.1) is 0 Å². The van der Waals surface area contributed by atoms with E-state index < -0.39 is 0 Å². The molecule has 130 valence electrons. The van der Waals surface area contributed by atoms with Crippen LogP contribution in [0, 0.1) is 5.92 Å². The third kappa shape index (κ3) is 4.04. The highest BCUT2D eigenvalue weighted by Crippen LogP contribution is 2.30. The van der Waals surface area contributed by atoms with Crippen LogP contribution in [0.3, 0.4) is 0 Å². The van der Waals surface area contributed by atoms with E-state index in [2.05, 4.69) is 34.9 Å². The van der Waals surface area contributed by atoms with Crippen molar-refractivity contribution in [1.29, 1.82) is 0 Å². The summed E-state index contributed by atoms with van der Waals surface area (Å²) in [7, 11) is 0. The van der Waals surface area contributed by atoms with E-state index in [1.54, 1.807) is 0 Å². The van der Waals surface area contributed by atoms with Crippen LogP contribution in [0.5, 0.6) is 0 Å². The van der Waals surface area contributed by atoms with Crippen molar-refractivity contribution in [2.75, 3.05) is 0 Å². The normalized spacial score (nSPS) is 12.6. The number of primary amides is 1. The second-order valence-corrected chi connectivity index (χ2v) is 7.56. The second kappa shape index (κ2) is 7.74. The van der Waals surface area contributed by atoms with Crippen LogP contribution in [0.1, 0.15) is 19.4 Å². The number of carbonyl (C=O) groups is 1. The Kier molecular flexibility index (Phi) is 5.43. The van der Waals surface area contributed by atoms with Gasteiger partial charge in [0.25, 0.3) is 0 Å². The van der Waals surface area contributed by atoms with Gasteiger partial charge in [0, 0.05) is 6.54 Å². The smallest absolute Gasteiger partial charge is 0.231 e. The predicted octanol–water partition coefficient (Wildman–Crippen LogP) is 3.88. The lowest BCUT2D eigenvalue weighted by Gasteiger charge is -2.17. The number of hydrogen-bond donors (Lipinski definition) is 1. The number of nitrogens with zero attached hydrogens (tertiary/aromatic N) is 2. The molecule has 0 saturated heterocycles. The molecule has 1 unspecified atom stereocenters. The Balaban J connectivity index is 1.92. The molecule has 0 saturated carbocycles. The lowest BCUT2D eigenvalue weighted by atomic mass is 10.1. The van der Waals surface area contributed by atoms with Gasteiger partial charge in [-0.3, -0.25) is 4.79 Å². The van der Waals surface area contributed by atoms with Crippen LogP contribution < -0.4 is 5.73 Å². The van der Waals surface area contributed by atoms with Gasteiger partial charge in [0.05, 0.1) is 16.3 Å². The number of nitrogens with two attached hydrogens (primary N) is 1. The Labute approximate surface area is 152 Å². The first kappa shape index (κ1) is 17.5. The van der Waals surface area contributed by atoms with Crippen LogP contribution in [0.15, 0.2) is 59.8 Å². The molecule has 0 aliphatic rings. The fraction of sp³-hybridized carbons (Fsp3) is 0.300. The molecule has 3 aromatic rings. The third-order valence-corrected chi connectivity index (χ3v) is 5.76. The van der Waals surface area contributed by atoms with Gasteiger partial charge in [-0.2, -0.15) is 0 Å². The van der Waals surface area contributed by atoms with Crippen molar-refractivity contribution >= 4 is 28.7 Å². The number of para-hydroxylation sites is 2. The van der Waals surface area contributed by atoms with Gasteiger partial charge >= 0.3 is 0 Å². The molecule has 1 amide bonds. The van der Waals surface area contributed by atoms with Crippen LogP contribution in [0.4, 0.5) is 0 Å². The Morgan fingerprint density at radius 3 is 2.48 bits per heavy atom. The van der Waals surface area contributed by atoms with E-state index in [0.717, 1.165) is 29.2 Å². The molecule has 4 nitrogen and oxygen atoms in total. The van der Waals surface area contributed by atoms with Gasteiger partial charge in [0.15, 0.2) is 5.16 Å². The van der Waals surface area contributed by atoms with Crippen LogP contribution in [0.25, 0.3) is 11.0 Å². The van der Waals surface area contributed by atoms with E-state index in [0.29, 0.717) is 0 Å². The average Bonchev–Trinajstić information content (AvgIpc) is 2.95. The fourth-order valence-corrected chi connectivity index (χ4v) is 3.96. The topological polar surface area (TPSA) is 60.9 Å². The molecule has 0 radical (unpaired) electrons. The summed E-state index contributed by atoms with van der Waals surface area (Å²) in [6, 6.07) is 18.5. The standard InChI is InChI=1S/C20H23N3OS/c1-14(2)18(19(21)24)25-20-22-16-10-6-7-11-17(16)23(20)13-12-15-8-4-3-5-9-15/h3-11,14,18H,12-13H2,1-2H3,(H2,21,24). The van der Waals surface area contributed by atoms with Gasteiger partial charge in [0.2, 0.25) is 5.91 Å². The summed E-state index contributed by atoms with van der Waals surface area (Å²) in [4.78, 5) is 16.6. The van der Waals surface area contributed by atoms with Crippen LogP contribution in [-0.4, -0.2) is 20.7 Å². The molecule has 0 spiro atoms. The van der Waals surface area contributed by atoms with Gasteiger partial charge < -0.3 is 10.3 Å². The molecule has 5 heteroatoms. The number of rotatable bonds is 7. The molecule has 0 fully saturated rings. The van der Waals surface area contributed by atoms with E-state index >= 15 is 0 Å². The van der Waals surface area contributed by atoms with Crippen LogP contribution >= 0.6 is 11.8 Å². The molecule has 25 heavy (non-hydrogen) atoms. The average molecular weight is 353 g/mol. The third-order valence-electron chi connectivity index (χ3n) is 4.20. The molecule has 1 aromatic heterocycles. The van der Waals surface area contributed by atoms with Gasteiger partial charge in [-0.1, -0.05) is 68.1 Å². The van der Waals surface area contributed by atoms with Crippen molar-refractivity contribution < 1.29 is 4.79 Å². The van der Waals surface area contributed by atoms with Gasteiger partial charge in [-0.05, 0) is 30.0 Å². The van der Waals surface area contributed by atoms with Crippen molar-refractivity contribution in [2.24, 2.45) is 11.7 Å². The highest BCUT2D eigenvalue weighted by molar-refractivity contribution is 8.00. The molecule has 0 aliphatic heterocycles. The van der Waals surface area contributed by atoms with Crippen molar-refractivity contribution in [1.82, 2.24) is 9.55 Å². The van der Waals surface area contributed by atoms with Gasteiger partial charge in [0.1, 0.15) is 0 Å². The lowest BCUT2D eigenvalue weighted by Crippen LogP contribution is -2.30. The second-order valence-electron chi connectivity index (χ2n) is 6.46. The molecule has 1 atom stereocenters. The number of thioether (sulfide) groups is 1. The maximum absolute atomic E-state index is 11.8. The first-order valence-corrected chi connectivity index (χ1v) is 9.39. The summed E-state index contributed by atoms with van der Waals surface area (Å²) < 4.78 is 2.20. The number of aryl methyl sites for hydroxylation is 2. The molecule has 3 rings (SSSR count). The Hall–Kier alpha value is -2.27. The minimum atomic E-state index is -0.290. The minimum Gasteiger partial charge on any atom is -0.369 e. The largest absolute Gasteiger partial charge is 0.369 e. The summed E-state index contributed by atoms with van der Waals surface area (Å²) in [5, 5.41) is 0.571. The molecule has 0 aliphatic carbocycles. The number of fused-ring (bicyclic) bond motifs is 1. The van der Waals surface area contributed by atoms with E-state index in [9.17, 15) is 4.79 Å². The van der Waals surface area contributed by atoms with Crippen molar-refractivity contribution in [3.8, 4) is 0 Å². The predicted molar refractivity (Wildman–Crippen MR) is 104 cm³/mol. The molecule has 1 heterocycles. The Bertz CT molecular complexity index is 858. The van der Waals surface area contributed by atoms with E-state index in [1.807, 2.05) is 38.1 Å². The van der Waals surface area contributed by atoms with Crippen molar-refractivity contribution in [3.05, 3.63) is 60.2 Å². The number of hydrogen-bond acceptors (Lipinski definition) is 3.